The second-order valence-corrected chi connectivity index (χ2v) is 7.21. The van der Waals surface area contributed by atoms with Crippen LogP contribution >= 0.6 is 22.9 Å². The summed E-state index contributed by atoms with van der Waals surface area (Å²) in [4.78, 5) is 4.10. The van der Waals surface area contributed by atoms with Gasteiger partial charge in [-0.3, -0.25) is 4.72 Å². The molecule has 1 N–H and O–H groups in total. The predicted molar refractivity (Wildman–Crippen MR) is 80.4 cm³/mol. The molecule has 108 valence electrons. The molecule has 21 heavy (non-hydrogen) atoms. The molecule has 0 amide bonds. The Labute approximate surface area is 128 Å². The smallest absolute Gasteiger partial charge is 0.253 e. The van der Waals surface area contributed by atoms with Gasteiger partial charge in [0.05, 0.1) is 4.90 Å². The zero-order valence-corrected chi connectivity index (χ0v) is 12.8. The number of benzene rings is 1. The van der Waals surface area contributed by atoms with E-state index in [2.05, 4.69) is 14.1 Å². The van der Waals surface area contributed by atoms with Crippen LogP contribution in [0.25, 0.3) is 11.4 Å². The number of aromatic nitrogens is 2. The van der Waals surface area contributed by atoms with Crippen LogP contribution in [0.5, 0.6) is 0 Å². The van der Waals surface area contributed by atoms with Crippen LogP contribution in [0.2, 0.25) is 0 Å². The van der Waals surface area contributed by atoms with Gasteiger partial charge in [0.1, 0.15) is 5.82 Å². The molecule has 0 atom stereocenters. The standard InChI is InChI=1S/C12H8FN3O2S3/c13-9-1-3-10(4-2-9)21(17,18)16-12-14-11(15-20-12)8-5-6-19-7-8/h1-7H,(H,14,15,16). The van der Waals surface area contributed by atoms with E-state index in [0.717, 1.165) is 29.2 Å². The van der Waals surface area contributed by atoms with Gasteiger partial charge >= 0.3 is 0 Å². The van der Waals surface area contributed by atoms with Gasteiger partial charge in [-0.05, 0) is 35.7 Å². The third-order valence-corrected chi connectivity index (χ3v) is 5.35. The maximum Gasteiger partial charge on any atom is 0.263 e. The summed E-state index contributed by atoms with van der Waals surface area (Å²) in [6.45, 7) is 0. The zero-order valence-electron chi connectivity index (χ0n) is 10.4. The average molecular weight is 341 g/mol. The minimum absolute atomic E-state index is 0.0313. The lowest BCUT2D eigenvalue weighted by atomic mass is 10.3. The minimum Gasteiger partial charge on any atom is -0.253 e. The van der Waals surface area contributed by atoms with E-state index in [4.69, 9.17) is 0 Å². The quantitative estimate of drug-likeness (QED) is 0.791. The molecule has 0 unspecified atom stereocenters. The van der Waals surface area contributed by atoms with Crippen molar-refractivity contribution < 1.29 is 12.8 Å². The number of hydrogen-bond acceptors (Lipinski definition) is 6. The first kappa shape index (κ1) is 14.1. The molecular weight excluding hydrogens is 333 g/mol. The van der Waals surface area contributed by atoms with Gasteiger partial charge in [-0.2, -0.15) is 20.7 Å². The molecule has 3 rings (SSSR count). The summed E-state index contributed by atoms with van der Waals surface area (Å²) in [5.74, 6) is -0.0253. The van der Waals surface area contributed by atoms with E-state index in [1.807, 2.05) is 16.8 Å². The monoisotopic (exact) mass is 341 g/mol. The fraction of sp³-hybridized carbons (Fsp3) is 0. The van der Waals surface area contributed by atoms with Crippen molar-refractivity contribution >= 4 is 38.0 Å². The highest BCUT2D eigenvalue weighted by molar-refractivity contribution is 7.93. The highest BCUT2D eigenvalue weighted by atomic mass is 32.2. The van der Waals surface area contributed by atoms with Gasteiger partial charge in [-0.1, -0.05) is 0 Å². The van der Waals surface area contributed by atoms with E-state index in [0.29, 0.717) is 5.82 Å². The number of anilines is 1. The number of halogens is 1. The van der Waals surface area contributed by atoms with E-state index in [1.165, 1.54) is 23.5 Å². The van der Waals surface area contributed by atoms with Crippen molar-refractivity contribution in [3.63, 3.8) is 0 Å². The molecule has 0 fully saturated rings. The molecule has 5 nitrogen and oxygen atoms in total. The number of nitrogens with one attached hydrogen (secondary N) is 1. The van der Waals surface area contributed by atoms with Gasteiger partial charge < -0.3 is 0 Å². The number of rotatable bonds is 4. The Morgan fingerprint density at radius 3 is 2.57 bits per heavy atom. The topological polar surface area (TPSA) is 72.0 Å². The SMILES string of the molecule is O=S(=O)(Nc1nc(-c2ccsc2)ns1)c1ccc(F)cc1. The third-order valence-electron chi connectivity index (χ3n) is 2.55. The van der Waals surface area contributed by atoms with Crippen LogP contribution in [0.4, 0.5) is 9.52 Å². The molecule has 9 heteroatoms. The summed E-state index contributed by atoms with van der Waals surface area (Å²) >= 11 is 2.46. The van der Waals surface area contributed by atoms with Crippen molar-refractivity contribution in [2.75, 3.05) is 4.72 Å². The van der Waals surface area contributed by atoms with Crippen LogP contribution in [0.15, 0.2) is 46.0 Å². The Morgan fingerprint density at radius 2 is 1.90 bits per heavy atom. The first-order valence-corrected chi connectivity index (χ1v) is 8.89. The van der Waals surface area contributed by atoms with Crippen molar-refractivity contribution in [2.45, 2.75) is 4.90 Å². The maximum atomic E-state index is 12.8. The summed E-state index contributed by atoms with van der Waals surface area (Å²) in [6, 6.07) is 6.42. The molecule has 0 radical (unpaired) electrons. The van der Waals surface area contributed by atoms with Gasteiger partial charge in [-0.15, -0.1) is 0 Å². The van der Waals surface area contributed by atoms with Crippen molar-refractivity contribution in [3.8, 4) is 11.4 Å². The number of hydrogen-bond donors (Lipinski definition) is 1. The fourth-order valence-corrected chi connectivity index (χ4v) is 4.01. The Kier molecular flexibility index (Phi) is 3.70. The first-order chi connectivity index (χ1) is 10.0. The Bertz CT molecular complexity index is 842. The molecule has 0 aliphatic rings. The molecule has 1 aromatic carbocycles. The largest absolute Gasteiger partial charge is 0.263 e. The van der Waals surface area contributed by atoms with Gasteiger partial charge in [0, 0.05) is 22.5 Å². The van der Waals surface area contributed by atoms with Crippen LogP contribution in [-0.2, 0) is 10.0 Å². The lowest BCUT2D eigenvalue weighted by Gasteiger charge is -2.04. The second kappa shape index (κ2) is 5.51. The summed E-state index contributed by atoms with van der Waals surface area (Å²) in [5, 5.41) is 3.93. The van der Waals surface area contributed by atoms with Gasteiger partial charge in [0.15, 0.2) is 5.82 Å². The van der Waals surface area contributed by atoms with Crippen LogP contribution in [0.1, 0.15) is 0 Å². The van der Waals surface area contributed by atoms with E-state index in [1.54, 1.807) is 0 Å². The van der Waals surface area contributed by atoms with Gasteiger partial charge in [-0.25, -0.2) is 12.8 Å². The van der Waals surface area contributed by atoms with Crippen LogP contribution in [0, 0.1) is 5.82 Å². The maximum absolute atomic E-state index is 12.8. The summed E-state index contributed by atoms with van der Waals surface area (Å²) in [6.07, 6.45) is 0. The van der Waals surface area contributed by atoms with E-state index in [-0.39, 0.29) is 10.0 Å². The van der Waals surface area contributed by atoms with Gasteiger partial charge in [0.2, 0.25) is 5.13 Å². The number of thiophene rings is 1. The molecular formula is C12H8FN3O2S3. The number of nitrogens with zero attached hydrogens (tertiary/aromatic N) is 2. The van der Waals surface area contributed by atoms with Crippen LogP contribution < -0.4 is 4.72 Å². The van der Waals surface area contributed by atoms with Crippen LogP contribution in [-0.4, -0.2) is 17.8 Å². The first-order valence-electron chi connectivity index (χ1n) is 5.69. The van der Waals surface area contributed by atoms with Crippen molar-refractivity contribution in [2.24, 2.45) is 0 Å². The predicted octanol–water partition coefficient (Wildman–Crippen LogP) is 3.21. The fourth-order valence-electron chi connectivity index (χ4n) is 1.56. The highest BCUT2D eigenvalue weighted by Crippen LogP contribution is 2.24. The third kappa shape index (κ3) is 3.09. The minimum atomic E-state index is -3.79. The summed E-state index contributed by atoms with van der Waals surface area (Å²) < 4.78 is 43.5. The van der Waals surface area contributed by atoms with Crippen LogP contribution in [0.3, 0.4) is 0 Å². The molecule has 3 aromatic rings. The molecule has 0 saturated carbocycles. The van der Waals surface area contributed by atoms with Crippen molar-refractivity contribution in [3.05, 3.63) is 46.9 Å². The van der Waals surface area contributed by atoms with E-state index >= 15 is 0 Å². The van der Waals surface area contributed by atoms with E-state index < -0.39 is 15.8 Å². The number of sulfonamides is 1. The molecule has 0 aliphatic heterocycles. The molecule has 0 aliphatic carbocycles. The second-order valence-electron chi connectivity index (χ2n) is 3.99. The molecule has 0 saturated heterocycles. The Balaban J connectivity index is 1.84. The summed E-state index contributed by atoms with van der Waals surface area (Å²) in [5.41, 5.74) is 0.837. The van der Waals surface area contributed by atoms with Gasteiger partial charge in [0.25, 0.3) is 10.0 Å². The lowest BCUT2D eigenvalue weighted by Crippen LogP contribution is -2.12. The van der Waals surface area contributed by atoms with Crippen molar-refractivity contribution in [1.29, 1.82) is 0 Å². The molecule has 2 aromatic heterocycles. The molecule has 0 bridgehead atoms. The Morgan fingerprint density at radius 1 is 1.14 bits per heavy atom. The average Bonchev–Trinajstić information content (AvgIpc) is 3.09. The zero-order chi connectivity index (χ0) is 14.9. The molecule has 0 spiro atoms. The summed E-state index contributed by atoms with van der Waals surface area (Å²) in [7, 11) is -3.79. The lowest BCUT2D eigenvalue weighted by molar-refractivity contribution is 0.599. The van der Waals surface area contributed by atoms with Crippen molar-refractivity contribution in [1.82, 2.24) is 9.36 Å². The highest BCUT2D eigenvalue weighted by Gasteiger charge is 2.17. The Hall–Kier alpha value is -1.84. The van der Waals surface area contributed by atoms with E-state index in [9.17, 15) is 12.8 Å². The molecule has 2 heterocycles. The normalized spacial score (nSPS) is 11.5.